The third-order valence-electron chi connectivity index (χ3n) is 3.17. The molecule has 2 aromatic heterocycles. The maximum absolute atomic E-state index is 5.97. The Kier molecular flexibility index (Phi) is 3.95. The number of nitrogen functional groups attached to an aromatic ring is 1. The van der Waals surface area contributed by atoms with Gasteiger partial charge in [-0.3, -0.25) is 0 Å². The summed E-state index contributed by atoms with van der Waals surface area (Å²) in [5.41, 5.74) is 7.85. The molecule has 0 atom stereocenters. The van der Waals surface area contributed by atoms with Gasteiger partial charge in [0.2, 0.25) is 0 Å². The first-order chi connectivity index (χ1) is 9.83. The van der Waals surface area contributed by atoms with E-state index in [1.165, 1.54) is 4.88 Å². The summed E-state index contributed by atoms with van der Waals surface area (Å²) in [6.07, 6.45) is 0.943. The molecule has 0 aliphatic rings. The third-order valence-corrected chi connectivity index (χ3v) is 4.10. The van der Waals surface area contributed by atoms with Gasteiger partial charge in [-0.05, 0) is 23.6 Å². The van der Waals surface area contributed by atoms with Crippen LogP contribution < -0.4 is 5.73 Å². The SMILES string of the molecule is Nc1nc2ccccc2cc1COCCc1cccs1. The van der Waals surface area contributed by atoms with Crippen LogP contribution in [0.2, 0.25) is 0 Å². The Hall–Kier alpha value is -1.91. The highest BCUT2D eigenvalue weighted by molar-refractivity contribution is 7.09. The number of anilines is 1. The molecule has 0 radical (unpaired) electrons. The lowest BCUT2D eigenvalue weighted by atomic mass is 10.1. The van der Waals surface area contributed by atoms with Crippen LogP contribution in [0.15, 0.2) is 47.8 Å². The predicted molar refractivity (Wildman–Crippen MR) is 83.8 cm³/mol. The first-order valence-corrected chi connectivity index (χ1v) is 7.45. The molecule has 0 amide bonds. The van der Waals surface area contributed by atoms with Crippen molar-refractivity contribution in [1.82, 2.24) is 4.98 Å². The lowest BCUT2D eigenvalue weighted by Crippen LogP contribution is -2.03. The average Bonchev–Trinajstić information content (AvgIpc) is 2.97. The van der Waals surface area contributed by atoms with Crippen molar-refractivity contribution in [2.45, 2.75) is 13.0 Å². The van der Waals surface area contributed by atoms with Crippen LogP contribution in [0.3, 0.4) is 0 Å². The van der Waals surface area contributed by atoms with Crippen molar-refractivity contribution in [2.75, 3.05) is 12.3 Å². The Labute approximate surface area is 122 Å². The standard InChI is InChI=1S/C16H16N2OS/c17-16-13(10-12-4-1-2-6-15(12)18-16)11-19-8-7-14-5-3-9-20-14/h1-6,9-10H,7-8,11H2,(H2,17,18). The fourth-order valence-corrected chi connectivity index (χ4v) is 2.79. The largest absolute Gasteiger partial charge is 0.383 e. The van der Waals surface area contributed by atoms with E-state index < -0.39 is 0 Å². The Morgan fingerprint density at radius 1 is 1.15 bits per heavy atom. The summed E-state index contributed by atoms with van der Waals surface area (Å²) < 4.78 is 5.71. The topological polar surface area (TPSA) is 48.1 Å². The molecular weight excluding hydrogens is 268 g/mol. The van der Waals surface area contributed by atoms with E-state index in [9.17, 15) is 0 Å². The van der Waals surface area contributed by atoms with Gasteiger partial charge in [-0.1, -0.05) is 24.3 Å². The van der Waals surface area contributed by atoms with Gasteiger partial charge in [-0.15, -0.1) is 11.3 Å². The number of rotatable bonds is 5. The number of nitrogens with two attached hydrogens (primary N) is 1. The van der Waals surface area contributed by atoms with E-state index in [0.29, 0.717) is 19.0 Å². The zero-order chi connectivity index (χ0) is 13.8. The molecule has 3 aromatic rings. The molecule has 0 spiro atoms. The Morgan fingerprint density at radius 2 is 2.05 bits per heavy atom. The molecule has 1 aromatic carbocycles. The molecule has 102 valence electrons. The second kappa shape index (κ2) is 6.03. The molecule has 0 aliphatic heterocycles. The van der Waals surface area contributed by atoms with Crippen molar-refractivity contribution in [1.29, 1.82) is 0 Å². The number of aromatic nitrogens is 1. The van der Waals surface area contributed by atoms with Gasteiger partial charge >= 0.3 is 0 Å². The molecule has 0 saturated heterocycles. The normalized spacial score (nSPS) is 11.0. The van der Waals surface area contributed by atoms with Crippen LogP contribution in [0.25, 0.3) is 10.9 Å². The van der Waals surface area contributed by atoms with Crippen molar-refractivity contribution in [3.8, 4) is 0 Å². The molecule has 0 saturated carbocycles. The van der Waals surface area contributed by atoms with Gasteiger partial charge in [-0.25, -0.2) is 4.98 Å². The molecule has 0 aliphatic carbocycles. The minimum Gasteiger partial charge on any atom is -0.383 e. The molecule has 0 fully saturated rings. The van der Waals surface area contributed by atoms with E-state index in [0.717, 1.165) is 22.9 Å². The molecule has 0 bridgehead atoms. The predicted octanol–water partition coefficient (Wildman–Crippen LogP) is 3.64. The second-order valence-electron chi connectivity index (χ2n) is 4.61. The molecular formula is C16H16N2OS. The second-order valence-corrected chi connectivity index (χ2v) is 5.64. The van der Waals surface area contributed by atoms with Crippen molar-refractivity contribution < 1.29 is 4.74 Å². The van der Waals surface area contributed by atoms with Gasteiger partial charge in [0.25, 0.3) is 0 Å². The van der Waals surface area contributed by atoms with Gasteiger partial charge in [0.1, 0.15) is 5.82 Å². The van der Waals surface area contributed by atoms with Crippen LogP contribution in [-0.4, -0.2) is 11.6 Å². The van der Waals surface area contributed by atoms with Crippen LogP contribution in [0.5, 0.6) is 0 Å². The maximum Gasteiger partial charge on any atom is 0.129 e. The molecule has 2 heterocycles. The summed E-state index contributed by atoms with van der Waals surface area (Å²) >= 11 is 1.76. The summed E-state index contributed by atoms with van der Waals surface area (Å²) in [7, 11) is 0. The summed E-state index contributed by atoms with van der Waals surface area (Å²) in [5, 5.41) is 3.18. The molecule has 2 N–H and O–H groups in total. The van der Waals surface area contributed by atoms with Gasteiger partial charge < -0.3 is 10.5 Å². The highest BCUT2D eigenvalue weighted by atomic mass is 32.1. The minimum atomic E-state index is 0.509. The molecule has 3 nitrogen and oxygen atoms in total. The van der Waals surface area contributed by atoms with Crippen LogP contribution in [0.4, 0.5) is 5.82 Å². The summed E-state index contributed by atoms with van der Waals surface area (Å²) in [6.45, 7) is 1.21. The van der Waals surface area contributed by atoms with Gasteiger partial charge in [0.15, 0.2) is 0 Å². The first-order valence-electron chi connectivity index (χ1n) is 6.57. The molecule has 0 unspecified atom stereocenters. The quantitative estimate of drug-likeness (QED) is 0.728. The first kappa shape index (κ1) is 13.1. The van der Waals surface area contributed by atoms with E-state index in [2.05, 4.69) is 28.6 Å². The lowest BCUT2D eigenvalue weighted by molar-refractivity contribution is 0.124. The smallest absolute Gasteiger partial charge is 0.129 e. The number of benzene rings is 1. The number of ether oxygens (including phenoxy) is 1. The van der Waals surface area contributed by atoms with Crippen LogP contribution in [-0.2, 0) is 17.8 Å². The van der Waals surface area contributed by atoms with Crippen molar-refractivity contribution in [3.63, 3.8) is 0 Å². The summed E-state index contributed by atoms with van der Waals surface area (Å²) in [6, 6.07) is 14.2. The Balaban J connectivity index is 1.63. The zero-order valence-electron chi connectivity index (χ0n) is 11.1. The third kappa shape index (κ3) is 2.98. The fraction of sp³-hybridized carbons (Fsp3) is 0.188. The van der Waals surface area contributed by atoms with E-state index in [1.807, 2.05) is 24.3 Å². The molecule has 20 heavy (non-hydrogen) atoms. The molecule has 3 rings (SSSR count). The number of para-hydroxylation sites is 1. The lowest BCUT2D eigenvalue weighted by Gasteiger charge is -2.08. The summed E-state index contributed by atoms with van der Waals surface area (Å²) in [5.74, 6) is 0.555. The Morgan fingerprint density at radius 3 is 2.90 bits per heavy atom. The average molecular weight is 284 g/mol. The van der Waals surface area contributed by atoms with Gasteiger partial charge in [0, 0.05) is 22.2 Å². The van der Waals surface area contributed by atoms with Crippen LogP contribution >= 0.6 is 11.3 Å². The number of thiophene rings is 1. The number of pyridine rings is 1. The minimum absolute atomic E-state index is 0.509. The van der Waals surface area contributed by atoms with Crippen molar-refractivity contribution >= 4 is 28.1 Å². The zero-order valence-corrected chi connectivity index (χ0v) is 11.9. The molecule has 4 heteroatoms. The van der Waals surface area contributed by atoms with E-state index in [1.54, 1.807) is 11.3 Å². The number of hydrogen-bond acceptors (Lipinski definition) is 4. The van der Waals surface area contributed by atoms with Crippen molar-refractivity contribution in [3.05, 3.63) is 58.3 Å². The van der Waals surface area contributed by atoms with E-state index in [4.69, 9.17) is 10.5 Å². The number of fused-ring (bicyclic) bond motifs is 1. The van der Waals surface area contributed by atoms with Gasteiger partial charge in [0.05, 0.1) is 18.7 Å². The highest BCUT2D eigenvalue weighted by Gasteiger charge is 2.04. The number of nitrogens with zero attached hydrogens (tertiary/aromatic N) is 1. The number of hydrogen-bond donors (Lipinski definition) is 1. The van der Waals surface area contributed by atoms with Crippen molar-refractivity contribution in [2.24, 2.45) is 0 Å². The Bertz CT molecular complexity index is 695. The van der Waals surface area contributed by atoms with E-state index in [-0.39, 0.29) is 0 Å². The monoisotopic (exact) mass is 284 g/mol. The highest BCUT2D eigenvalue weighted by Crippen LogP contribution is 2.19. The van der Waals surface area contributed by atoms with Crippen LogP contribution in [0, 0.1) is 0 Å². The van der Waals surface area contributed by atoms with Crippen LogP contribution in [0.1, 0.15) is 10.4 Å². The van der Waals surface area contributed by atoms with Gasteiger partial charge in [-0.2, -0.15) is 0 Å². The summed E-state index contributed by atoms with van der Waals surface area (Å²) in [4.78, 5) is 5.75. The fourth-order valence-electron chi connectivity index (χ4n) is 2.10. The maximum atomic E-state index is 5.97. The van der Waals surface area contributed by atoms with E-state index >= 15 is 0 Å².